The van der Waals surface area contributed by atoms with Crippen molar-refractivity contribution >= 4 is 10.9 Å². The monoisotopic (exact) mass is 233 g/mol. The molecule has 1 fully saturated rings. The standard InChI is InChI=1S/C12H12FN3O/c13-10-3-8-5-15-7-16-11(8)4-9(10)12-6-14-1-2-17-12/h3-5,7,12,14H,1-2,6H2. The van der Waals surface area contributed by atoms with Gasteiger partial charge in [0.25, 0.3) is 0 Å². The Morgan fingerprint density at radius 2 is 2.35 bits per heavy atom. The summed E-state index contributed by atoms with van der Waals surface area (Å²) in [4.78, 5) is 8.00. The minimum absolute atomic E-state index is 0.233. The molecule has 0 bridgehead atoms. The van der Waals surface area contributed by atoms with E-state index in [0.717, 1.165) is 12.1 Å². The molecule has 1 aliphatic heterocycles. The second kappa shape index (κ2) is 4.35. The summed E-state index contributed by atoms with van der Waals surface area (Å²) in [5.74, 6) is -0.263. The van der Waals surface area contributed by atoms with E-state index in [1.54, 1.807) is 12.3 Å². The van der Waals surface area contributed by atoms with Gasteiger partial charge in [0.2, 0.25) is 0 Å². The first-order valence-corrected chi connectivity index (χ1v) is 5.56. The molecule has 1 aromatic heterocycles. The fraction of sp³-hybridized carbons (Fsp3) is 0.333. The van der Waals surface area contributed by atoms with Crippen molar-refractivity contribution < 1.29 is 9.13 Å². The van der Waals surface area contributed by atoms with Crippen LogP contribution in [-0.4, -0.2) is 29.7 Å². The zero-order chi connectivity index (χ0) is 11.7. The van der Waals surface area contributed by atoms with Crippen LogP contribution in [0.5, 0.6) is 0 Å². The largest absolute Gasteiger partial charge is 0.371 e. The lowest BCUT2D eigenvalue weighted by Crippen LogP contribution is -2.33. The van der Waals surface area contributed by atoms with E-state index in [2.05, 4.69) is 15.3 Å². The van der Waals surface area contributed by atoms with Crippen molar-refractivity contribution in [1.82, 2.24) is 15.3 Å². The molecule has 0 spiro atoms. The summed E-state index contributed by atoms with van der Waals surface area (Å²) in [5.41, 5.74) is 1.30. The topological polar surface area (TPSA) is 47.0 Å². The van der Waals surface area contributed by atoms with Crippen molar-refractivity contribution in [2.75, 3.05) is 19.7 Å². The predicted octanol–water partition coefficient (Wildman–Crippen LogP) is 1.43. The number of morpholine rings is 1. The average Bonchev–Trinajstić information content (AvgIpc) is 2.39. The molecule has 1 atom stereocenters. The molecule has 88 valence electrons. The highest BCUT2D eigenvalue weighted by atomic mass is 19.1. The van der Waals surface area contributed by atoms with E-state index in [9.17, 15) is 4.39 Å². The molecule has 5 heteroatoms. The molecule has 1 N–H and O–H groups in total. The molecular formula is C12H12FN3O. The third-order valence-electron chi connectivity index (χ3n) is 2.90. The first-order chi connectivity index (χ1) is 8.34. The maximum absolute atomic E-state index is 13.9. The Morgan fingerprint density at radius 3 is 3.18 bits per heavy atom. The molecule has 1 aliphatic rings. The molecule has 0 radical (unpaired) electrons. The molecular weight excluding hydrogens is 221 g/mol. The SMILES string of the molecule is Fc1cc2cncnc2cc1C1CNCCO1. The maximum atomic E-state index is 13.9. The summed E-state index contributed by atoms with van der Waals surface area (Å²) >= 11 is 0. The van der Waals surface area contributed by atoms with Gasteiger partial charge in [-0.05, 0) is 12.1 Å². The van der Waals surface area contributed by atoms with E-state index in [4.69, 9.17) is 4.74 Å². The van der Waals surface area contributed by atoms with Crippen LogP contribution in [0.2, 0.25) is 0 Å². The van der Waals surface area contributed by atoms with Crippen LogP contribution >= 0.6 is 0 Å². The average molecular weight is 233 g/mol. The predicted molar refractivity (Wildman–Crippen MR) is 61.1 cm³/mol. The number of aromatic nitrogens is 2. The molecule has 17 heavy (non-hydrogen) atoms. The summed E-state index contributed by atoms with van der Waals surface area (Å²) in [5, 5.41) is 3.89. The summed E-state index contributed by atoms with van der Waals surface area (Å²) < 4.78 is 19.5. The molecule has 2 heterocycles. The van der Waals surface area contributed by atoms with Gasteiger partial charge in [-0.3, -0.25) is 0 Å². The van der Waals surface area contributed by atoms with Crippen molar-refractivity contribution in [3.63, 3.8) is 0 Å². The number of hydrogen-bond acceptors (Lipinski definition) is 4. The molecule has 1 aromatic carbocycles. The van der Waals surface area contributed by atoms with Gasteiger partial charge in [-0.1, -0.05) is 0 Å². The Kier molecular flexibility index (Phi) is 2.70. The zero-order valence-corrected chi connectivity index (χ0v) is 9.19. The van der Waals surface area contributed by atoms with Crippen LogP contribution in [0.15, 0.2) is 24.7 Å². The van der Waals surface area contributed by atoms with Gasteiger partial charge in [0, 0.05) is 30.2 Å². The van der Waals surface area contributed by atoms with Crippen LogP contribution in [-0.2, 0) is 4.74 Å². The summed E-state index contributed by atoms with van der Waals surface area (Å²) in [6.07, 6.45) is 2.84. The van der Waals surface area contributed by atoms with Gasteiger partial charge in [-0.2, -0.15) is 0 Å². The highest BCUT2D eigenvalue weighted by molar-refractivity contribution is 5.78. The second-order valence-corrected chi connectivity index (χ2v) is 4.02. The lowest BCUT2D eigenvalue weighted by atomic mass is 10.1. The number of nitrogens with one attached hydrogen (secondary N) is 1. The van der Waals surface area contributed by atoms with Crippen LogP contribution in [0.1, 0.15) is 11.7 Å². The summed E-state index contributed by atoms with van der Waals surface area (Å²) in [7, 11) is 0. The lowest BCUT2D eigenvalue weighted by molar-refractivity contribution is 0.0256. The van der Waals surface area contributed by atoms with Crippen molar-refractivity contribution in [1.29, 1.82) is 0 Å². The smallest absolute Gasteiger partial charge is 0.129 e. The van der Waals surface area contributed by atoms with E-state index in [1.807, 2.05) is 0 Å². The number of nitrogens with zero attached hydrogens (tertiary/aromatic N) is 2. The van der Waals surface area contributed by atoms with Crippen molar-refractivity contribution in [3.05, 3.63) is 36.0 Å². The summed E-state index contributed by atoms with van der Waals surface area (Å²) in [6.45, 7) is 2.05. The third kappa shape index (κ3) is 1.99. The minimum atomic E-state index is -0.263. The maximum Gasteiger partial charge on any atom is 0.129 e. The molecule has 2 aromatic rings. The van der Waals surface area contributed by atoms with Crippen molar-refractivity contribution in [3.8, 4) is 0 Å². The third-order valence-corrected chi connectivity index (χ3v) is 2.90. The van der Waals surface area contributed by atoms with E-state index in [1.165, 1.54) is 12.4 Å². The van der Waals surface area contributed by atoms with Gasteiger partial charge in [0.15, 0.2) is 0 Å². The molecule has 0 saturated carbocycles. The van der Waals surface area contributed by atoms with Gasteiger partial charge >= 0.3 is 0 Å². The van der Waals surface area contributed by atoms with Crippen molar-refractivity contribution in [2.45, 2.75) is 6.10 Å². The Labute approximate surface area is 97.8 Å². The number of benzene rings is 1. The fourth-order valence-corrected chi connectivity index (χ4v) is 2.03. The Bertz CT molecular complexity index is 540. The molecule has 1 unspecified atom stereocenters. The molecule has 1 saturated heterocycles. The summed E-state index contributed by atoms with van der Waals surface area (Å²) in [6, 6.07) is 3.20. The first kappa shape index (κ1) is 10.6. The number of halogens is 1. The minimum Gasteiger partial charge on any atom is -0.371 e. The number of ether oxygens (including phenoxy) is 1. The molecule has 4 nitrogen and oxygen atoms in total. The highest BCUT2D eigenvalue weighted by Gasteiger charge is 2.20. The van der Waals surface area contributed by atoms with Gasteiger partial charge in [0.05, 0.1) is 18.2 Å². The van der Waals surface area contributed by atoms with Gasteiger partial charge in [-0.25, -0.2) is 14.4 Å². The molecule has 0 amide bonds. The lowest BCUT2D eigenvalue weighted by Gasteiger charge is -2.24. The van der Waals surface area contributed by atoms with Gasteiger partial charge < -0.3 is 10.1 Å². The molecule has 3 rings (SSSR count). The van der Waals surface area contributed by atoms with Crippen LogP contribution in [0.3, 0.4) is 0 Å². The van der Waals surface area contributed by atoms with Gasteiger partial charge in [-0.15, -0.1) is 0 Å². The van der Waals surface area contributed by atoms with Crippen LogP contribution in [0.25, 0.3) is 10.9 Å². The highest BCUT2D eigenvalue weighted by Crippen LogP contribution is 2.25. The van der Waals surface area contributed by atoms with E-state index in [-0.39, 0.29) is 11.9 Å². The zero-order valence-electron chi connectivity index (χ0n) is 9.19. The Morgan fingerprint density at radius 1 is 1.41 bits per heavy atom. The van der Waals surface area contributed by atoms with Crippen LogP contribution < -0.4 is 5.32 Å². The number of hydrogen-bond donors (Lipinski definition) is 1. The van der Waals surface area contributed by atoms with E-state index < -0.39 is 0 Å². The number of rotatable bonds is 1. The van der Waals surface area contributed by atoms with Crippen molar-refractivity contribution in [2.24, 2.45) is 0 Å². The second-order valence-electron chi connectivity index (χ2n) is 4.02. The van der Waals surface area contributed by atoms with Crippen LogP contribution in [0.4, 0.5) is 4.39 Å². The fourth-order valence-electron chi connectivity index (χ4n) is 2.03. The van der Waals surface area contributed by atoms with E-state index in [0.29, 0.717) is 24.1 Å². The normalized spacial score (nSPS) is 20.6. The Hall–Kier alpha value is -1.59. The molecule has 0 aliphatic carbocycles. The quantitative estimate of drug-likeness (QED) is 0.809. The Balaban J connectivity index is 2.06. The number of fused-ring (bicyclic) bond motifs is 1. The van der Waals surface area contributed by atoms with E-state index >= 15 is 0 Å². The first-order valence-electron chi connectivity index (χ1n) is 5.56. The van der Waals surface area contributed by atoms with Crippen LogP contribution in [0, 0.1) is 5.82 Å². The van der Waals surface area contributed by atoms with Gasteiger partial charge in [0.1, 0.15) is 12.1 Å².